The van der Waals surface area contributed by atoms with E-state index in [9.17, 15) is 9.59 Å². The molecular weight excluding hydrogens is 442 g/mol. The fraction of sp³-hybridized carbons (Fsp3) is 0.542. The number of ether oxygens (including phenoxy) is 1. The minimum Gasteiger partial charge on any atom is -0.478 e. The lowest BCUT2D eigenvalue weighted by atomic mass is 9.87. The molecule has 176 valence electrons. The molecule has 9 heteroatoms. The molecule has 0 atom stereocenters. The monoisotopic (exact) mass is 471 g/mol. The van der Waals surface area contributed by atoms with E-state index >= 15 is 0 Å². The highest BCUT2D eigenvalue weighted by molar-refractivity contribution is 6.30. The van der Waals surface area contributed by atoms with Gasteiger partial charge in [0.25, 0.3) is 5.91 Å². The standard InChI is InChI=1S/C24H30ClN5O3/c25-23-20(26-9-10-28-23)17-22(31)29-11-13-30(14-12-29)24(32)19-6-8-27-21(16-19)33-15-7-18-4-2-1-3-5-18/h6,8-10,16,18H,1-5,7,11-15,17H2. The second-order valence-corrected chi connectivity index (χ2v) is 9.03. The summed E-state index contributed by atoms with van der Waals surface area (Å²) in [5.74, 6) is 1.10. The zero-order chi connectivity index (χ0) is 23.0. The Bertz CT molecular complexity index is 959. The van der Waals surface area contributed by atoms with Gasteiger partial charge in [-0.2, -0.15) is 0 Å². The Hall–Kier alpha value is -2.74. The van der Waals surface area contributed by atoms with Crippen LogP contribution >= 0.6 is 11.6 Å². The summed E-state index contributed by atoms with van der Waals surface area (Å²) in [4.78, 5) is 41.4. The van der Waals surface area contributed by atoms with Gasteiger partial charge in [0.2, 0.25) is 11.8 Å². The summed E-state index contributed by atoms with van der Waals surface area (Å²) < 4.78 is 5.85. The summed E-state index contributed by atoms with van der Waals surface area (Å²) in [6.07, 6.45) is 12.3. The van der Waals surface area contributed by atoms with Gasteiger partial charge in [-0.3, -0.25) is 14.6 Å². The van der Waals surface area contributed by atoms with Crippen molar-refractivity contribution in [3.63, 3.8) is 0 Å². The Morgan fingerprint density at radius 1 is 0.970 bits per heavy atom. The number of pyridine rings is 1. The van der Waals surface area contributed by atoms with Crippen LogP contribution in [0.4, 0.5) is 0 Å². The van der Waals surface area contributed by atoms with Crippen LogP contribution in [0.25, 0.3) is 0 Å². The van der Waals surface area contributed by atoms with Crippen molar-refractivity contribution >= 4 is 23.4 Å². The van der Waals surface area contributed by atoms with Gasteiger partial charge in [-0.25, -0.2) is 9.97 Å². The van der Waals surface area contributed by atoms with E-state index in [1.165, 1.54) is 44.5 Å². The van der Waals surface area contributed by atoms with Crippen molar-refractivity contribution in [1.82, 2.24) is 24.8 Å². The summed E-state index contributed by atoms with van der Waals surface area (Å²) in [7, 11) is 0. The SMILES string of the molecule is O=C(Cc1nccnc1Cl)N1CCN(C(=O)c2ccnc(OCCC3CCCCC3)c2)CC1. The maximum Gasteiger partial charge on any atom is 0.254 e. The topological polar surface area (TPSA) is 88.5 Å². The molecule has 2 aromatic rings. The largest absolute Gasteiger partial charge is 0.478 e. The van der Waals surface area contributed by atoms with Gasteiger partial charge in [0.15, 0.2) is 5.15 Å². The molecular formula is C24H30ClN5O3. The van der Waals surface area contributed by atoms with Crippen molar-refractivity contribution in [3.8, 4) is 5.88 Å². The van der Waals surface area contributed by atoms with E-state index in [2.05, 4.69) is 15.0 Å². The van der Waals surface area contributed by atoms with Crippen molar-refractivity contribution in [2.24, 2.45) is 5.92 Å². The van der Waals surface area contributed by atoms with Crippen LogP contribution in [0.5, 0.6) is 5.88 Å². The summed E-state index contributed by atoms with van der Waals surface area (Å²) in [6, 6.07) is 3.43. The normalized spacial score (nSPS) is 17.1. The Morgan fingerprint density at radius 2 is 1.70 bits per heavy atom. The summed E-state index contributed by atoms with van der Waals surface area (Å²) in [6.45, 7) is 2.51. The van der Waals surface area contributed by atoms with E-state index in [1.54, 1.807) is 28.1 Å². The summed E-state index contributed by atoms with van der Waals surface area (Å²) in [5.41, 5.74) is 1.03. The molecule has 33 heavy (non-hydrogen) atoms. The van der Waals surface area contributed by atoms with Gasteiger partial charge in [0, 0.05) is 56.4 Å². The summed E-state index contributed by atoms with van der Waals surface area (Å²) >= 11 is 6.01. The zero-order valence-electron chi connectivity index (χ0n) is 18.8. The Morgan fingerprint density at radius 3 is 2.45 bits per heavy atom. The molecule has 0 radical (unpaired) electrons. The third-order valence-corrected chi connectivity index (χ3v) is 6.76. The second kappa shape index (κ2) is 11.4. The maximum atomic E-state index is 13.0. The lowest BCUT2D eigenvalue weighted by Crippen LogP contribution is -2.51. The van der Waals surface area contributed by atoms with Gasteiger partial charge in [-0.1, -0.05) is 43.7 Å². The van der Waals surface area contributed by atoms with Crippen LogP contribution in [0.15, 0.2) is 30.7 Å². The number of hydrogen-bond donors (Lipinski definition) is 0. The molecule has 0 bridgehead atoms. The van der Waals surface area contributed by atoms with Crippen molar-refractivity contribution in [1.29, 1.82) is 0 Å². The molecule has 1 aliphatic carbocycles. The van der Waals surface area contributed by atoms with E-state index in [4.69, 9.17) is 16.3 Å². The number of aromatic nitrogens is 3. The smallest absolute Gasteiger partial charge is 0.254 e. The molecule has 2 aromatic heterocycles. The number of amides is 2. The van der Waals surface area contributed by atoms with E-state index in [0.717, 1.165) is 12.3 Å². The average molecular weight is 472 g/mol. The fourth-order valence-corrected chi connectivity index (χ4v) is 4.66. The number of nitrogens with zero attached hydrogens (tertiary/aromatic N) is 5. The molecule has 1 saturated heterocycles. The molecule has 0 aromatic carbocycles. The first-order valence-electron chi connectivity index (χ1n) is 11.7. The van der Waals surface area contributed by atoms with Crippen molar-refractivity contribution in [2.45, 2.75) is 44.9 Å². The molecule has 8 nitrogen and oxygen atoms in total. The molecule has 0 unspecified atom stereocenters. The number of hydrogen-bond acceptors (Lipinski definition) is 6. The van der Waals surface area contributed by atoms with E-state index in [1.807, 2.05) is 0 Å². The molecule has 2 fully saturated rings. The highest BCUT2D eigenvalue weighted by atomic mass is 35.5. The zero-order valence-corrected chi connectivity index (χ0v) is 19.5. The van der Waals surface area contributed by atoms with Gasteiger partial charge < -0.3 is 14.5 Å². The van der Waals surface area contributed by atoms with Crippen molar-refractivity contribution in [3.05, 3.63) is 47.1 Å². The molecule has 1 aliphatic heterocycles. The molecule has 2 amide bonds. The van der Waals surface area contributed by atoms with Gasteiger partial charge in [0.1, 0.15) is 0 Å². The lowest BCUT2D eigenvalue weighted by Gasteiger charge is -2.34. The van der Waals surface area contributed by atoms with Gasteiger partial charge in [-0.15, -0.1) is 0 Å². The predicted octanol–water partition coefficient (Wildman–Crippen LogP) is 3.40. The molecule has 4 rings (SSSR count). The van der Waals surface area contributed by atoms with Crippen molar-refractivity contribution < 1.29 is 14.3 Å². The Labute approximate surface area is 199 Å². The summed E-state index contributed by atoms with van der Waals surface area (Å²) in [5, 5.41) is 0.245. The Balaban J connectivity index is 1.25. The van der Waals surface area contributed by atoms with Gasteiger partial charge in [0.05, 0.1) is 18.7 Å². The third kappa shape index (κ3) is 6.41. The van der Waals surface area contributed by atoms with Crippen LogP contribution < -0.4 is 4.74 Å². The molecule has 2 aliphatic rings. The van der Waals surface area contributed by atoms with Crippen LogP contribution in [0.2, 0.25) is 5.15 Å². The average Bonchev–Trinajstić information content (AvgIpc) is 2.86. The highest BCUT2D eigenvalue weighted by Crippen LogP contribution is 2.26. The Kier molecular flexibility index (Phi) is 8.10. The van der Waals surface area contributed by atoms with E-state index in [0.29, 0.717) is 49.9 Å². The van der Waals surface area contributed by atoms with Crippen molar-refractivity contribution in [2.75, 3.05) is 32.8 Å². The number of rotatable bonds is 7. The van der Waals surface area contributed by atoms with Crippen LogP contribution in [-0.2, 0) is 11.2 Å². The van der Waals surface area contributed by atoms with Gasteiger partial charge >= 0.3 is 0 Å². The number of carbonyl (C=O) groups excluding carboxylic acids is 2. The molecule has 0 N–H and O–H groups in total. The lowest BCUT2D eigenvalue weighted by molar-refractivity contribution is -0.132. The molecule has 1 saturated carbocycles. The molecule has 0 spiro atoms. The first-order valence-corrected chi connectivity index (χ1v) is 12.1. The first kappa shape index (κ1) is 23.4. The van der Waals surface area contributed by atoms with Gasteiger partial charge in [-0.05, 0) is 18.4 Å². The maximum absolute atomic E-state index is 13.0. The minimum atomic E-state index is -0.0707. The highest BCUT2D eigenvalue weighted by Gasteiger charge is 2.26. The molecule has 3 heterocycles. The second-order valence-electron chi connectivity index (χ2n) is 8.67. The van der Waals surface area contributed by atoms with Crippen LogP contribution in [0, 0.1) is 5.92 Å². The number of halogens is 1. The minimum absolute atomic E-state index is 0.0675. The quantitative estimate of drug-likeness (QED) is 0.615. The number of carbonyl (C=O) groups is 2. The van der Waals surface area contributed by atoms with Crippen LogP contribution in [0.1, 0.15) is 54.6 Å². The number of piperazine rings is 1. The first-order chi connectivity index (χ1) is 16.1. The van der Waals surface area contributed by atoms with Crippen LogP contribution in [0.3, 0.4) is 0 Å². The fourth-order valence-electron chi connectivity index (χ4n) is 4.49. The van der Waals surface area contributed by atoms with E-state index in [-0.39, 0.29) is 23.4 Å². The van der Waals surface area contributed by atoms with E-state index < -0.39 is 0 Å². The third-order valence-electron chi connectivity index (χ3n) is 6.44. The predicted molar refractivity (Wildman–Crippen MR) is 124 cm³/mol. The van der Waals surface area contributed by atoms with Crippen LogP contribution in [-0.4, -0.2) is 69.4 Å².